The second kappa shape index (κ2) is 8.00. The zero-order valence-electron chi connectivity index (χ0n) is 15.6. The van der Waals surface area contributed by atoms with Crippen molar-refractivity contribution < 1.29 is 23.7 Å². The molecular weight excluding hydrogens is 470 g/mol. The van der Waals surface area contributed by atoms with Crippen LogP contribution < -0.4 is 10.2 Å². The van der Waals surface area contributed by atoms with Gasteiger partial charge >= 0.3 is 6.03 Å². The maximum atomic E-state index is 12.9. The van der Waals surface area contributed by atoms with Gasteiger partial charge < -0.3 is 4.42 Å². The number of imide groups is 2. The van der Waals surface area contributed by atoms with E-state index in [0.717, 1.165) is 9.37 Å². The predicted molar refractivity (Wildman–Crippen MR) is 114 cm³/mol. The van der Waals surface area contributed by atoms with E-state index in [1.807, 2.05) is 0 Å². The van der Waals surface area contributed by atoms with Crippen molar-refractivity contribution in [2.45, 2.75) is 0 Å². The topological polar surface area (TPSA) is 123 Å². The Hall–Kier alpha value is -4.05. The van der Waals surface area contributed by atoms with Crippen LogP contribution in [0.4, 0.5) is 16.2 Å². The average molecular weight is 482 g/mol. The van der Waals surface area contributed by atoms with E-state index in [-0.39, 0.29) is 17.0 Å². The normalized spacial score (nSPS) is 15.3. The molecule has 1 aliphatic heterocycles. The fourth-order valence-corrected chi connectivity index (χ4v) is 3.22. The van der Waals surface area contributed by atoms with Gasteiger partial charge in [0.1, 0.15) is 17.1 Å². The number of carbonyl (C=O) groups excluding carboxylic acids is 3. The van der Waals surface area contributed by atoms with Gasteiger partial charge in [0, 0.05) is 22.2 Å². The zero-order chi connectivity index (χ0) is 22.1. The van der Waals surface area contributed by atoms with E-state index >= 15 is 0 Å². The summed E-state index contributed by atoms with van der Waals surface area (Å²) in [5.41, 5.74) is 0.559. The summed E-state index contributed by atoms with van der Waals surface area (Å²) in [5.74, 6) is -1.02. The Morgan fingerprint density at radius 3 is 2.29 bits per heavy atom. The number of carbonyl (C=O) groups is 3. The fourth-order valence-electron chi connectivity index (χ4n) is 2.96. The molecule has 1 aliphatic rings. The Balaban J connectivity index is 1.63. The van der Waals surface area contributed by atoms with Crippen LogP contribution in [0.2, 0.25) is 0 Å². The molecule has 1 saturated heterocycles. The number of furan rings is 1. The summed E-state index contributed by atoms with van der Waals surface area (Å²) < 4.78 is 6.43. The van der Waals surface area contributed by atoms with E-state index in [1.165, 1.54) is 30.3 Å². The molecule has 154 valence electrons. The molecule has 0 bridgehead atoms. The predicted octanol–water partition coefficient (Wildman–Crippen LogP) is 4.28. The summed E-state index contributed by atoms with van der Waals surface area (Å²) in [6, 6.07) is 14.5. The smallest absolute Gasteiger partial charge is 0.335 e. The van der Waals surface area contributed by atoms with Crippen molar-refractivity contribution in [1.29, 1.82) is 0 Å². The van der Waals surface area contributed by atoms with Crippen LogP contribution in [-0.4, -0.2) is 22.8 Å². The lowest BCUT2D eigenvalue weighted by atomic mass is 10.1. The first-order valence-corrected chi connectivity index (χ1v) is 9.64. The highest BCUT2D eigenvalue weighted by Crippen LogP contribution is 2.27. The number of hydrogen-bond acceptors (Lipinski definition) is 6. The highest BCUT2D eigenvalue weighted by atomic mass is 79.9. The largest absolute Gasteiger partial charge is 0.457 e. The van der Waals surface area contributed by atoms with Gasteiger partial charge in [-0.25, -0.2) is 9.69 Å². The maximum absolute atomic E-state index is 12.9. The summed E-state index contributed by atoms with van der Waals surface area (Å²) in [4.78, 5) is 48.5. The van der Waals surface area contributed by atoms with Crippen LogP contribution in [0.5, 0.6) is 0 Å². The van der Waals surface area contributed by atoms with E-state index in [0.29, 0.717) is 17.0 Å². The highest BCUT2D eigenvalue weighted by molar-refractivity contribution is 9.10. The molecule has 0 saturated carbocycles. The number of anilines is 1. The monoisotopic (exact) mass is 481 g/mol. The minimum Gasteiger partial charge on any atom is -0.457 e. The Morgan fingerprint density at radius 1 is 0.968 bits per heavy atom. The van der Waals surface area contributed by atoms with Crippen LogP contribution >= 0.6 is 15.9 Å². The number of nitro benzene ring substituents is 1. The van der Waals surface area contributed by atoms with Gasteiger partial charge in [-0.05, 0) is 54.6 Å². The van der Waals surface area contributed by atoms with Crippen molar-refractivity contribution in [2.75, 3.05) is 4.90 Å². The lowest BCUT2D eigenvalue weighted by molar-refractivity contribution is -0.384. The maximum Gasteiger partial charge on any atom is 0.335 e. The second-order valence-corrected chi connectivity index (χ2v) is 7.36. The van der Waals surface area contributed by atoms with Gasteiger partial charge in [0.05, 0.1) is 10.6 Å². The van der Waals surface area contributed by atoms with Crippen LogP contribution in [0, 0.1) is 10.1 Å². The second-order valence-electron chi connectivity index (χ2n) is 6.44. The van der Waals surface area contributed by atoms with Crippen LogP contribution in [0.3, 0.4) is 0 Å². The van der Waals surface area contributed by atoms with Gasteiger partial charge in [-0.1, -0.05) is 15.9 Å². The summed E-state index contributed by atoms with van der Waals surface area (Å²) in [7, 11) is 0. The van der Waals surface area contributed by atoms with Crippen LogP contribution in [0.25, 0.3) is 17.4 Å². The van der Waals surface area contributed by atoms with E-state index in [1.54, 1.807) is 36.4 Å². The van der Waals surface area contributed by atoms with Gasteiger partial charge in [-0.2, -0.15) is 0 Å². The average Bonchev–Trinajstić information content (AvgIpc) is 3.21. The summed E-state index contributed by atoms with van der Waals surface area (Å²) >= 11 is 3.28. The fraction of sp³-hybridized carbons (Fsp3) is 0. The Labute approximate surface area is 183 Å². The molecule has 1 aromatic heterocycles. The third-order valence-electron chi connectivity index (χ3n) is 4.46. The molecule has 2 aromatic carbocycles. The van der Waals surface area contributed by atoms with Crippen LogP contribution in [-0.2, 0) is 9.59 Å². The molecule has 9 nitrogen and oxygen atoms in total. The standard InChI is InChI=1S/C21H12BrN3O6/c22-13-3-7-14(8-4-13)24-20(27)17(19(26)23-21(24)28)11-16-9-10-18(31-16)12-1-5-15(6-2-12)25(29)30/h1-11H,(H,23,26,28)/b17-11+. The van der Waals surface area contributed by atoms with Crippen LogP contribution in [0.15, 0.2) is 75.1 Å². The minimum absolute atomic E-state index is 0.0557. The summed E-state index contributed by atoms with van der Waals surface area (Å²) in [6.07, 6.45) is 1.24. The molecule has 0 spiro atoms. The first kappa shape index (κ1) is 20.2. The molecule has 0 aliphatic carbocycles. The molecule has 10 heteroatoms. The third kappa shape index (κ3) is 4.01. The molecule has 31 heavy (non-hydrogen) atoms. The van der Waals surface area contributed by atoms with E-state index < -0.39 is 22.8 Å². The Morgan fingerprint density at radius 2 is 1.65 bits per heavy atom. The number of nitrogens with zero attached hydrogens (tertiary/aromatic N) is 2. The number of hydrogen-bond donors (Lipinski definition) is 1. The van der Waals surface area contributed by atoms with E-state index in [4.69, 9.17) is 4.42 Å². The van der Waals surface area contributed by atoms with E-state index in [9.17, 15) is 24.5 Å². The first-order chi connectivity index (χ1) is 14.8. The number of halogens is 1. The zero-order valence-corrected chi connectivity index (χ0v) is 17.2. The molecule has 0 radical (unpaired) electrons. The molecule has 4 rings (SSSR count). The highest BCUT2D eigenvalue weighted by Gasteiger charge is 2.37. The quantitative estimate of drug-likeness (QED) is 0.256. The number of non-ortho nitro benzene ring substituents is 1. The lowest BCUT2D eigenvalue weighted by Gasteiger charge is -2.26. The molecule has 3 aromatic rings. The molecule has 1 fully saturated rings. The summed E-state index contributed by atoms with van der Waals surface area (Å²) in [6.45, 7) is 0. The molecule has 2 heterocycles. The van der Waals surface area contributed by atoms with Crippen molar-refractivity contribution in [3.63, 3.8) is 0 Å². The first-order valence-electron chi connectivity index (χ1n) is 8.85. The minimum atomic E-state index is -0.847. The van der Waals surface area contributed by atoms with Gasteiger partial charge in [0.15, 0.2) is 0 Å². The number of amides is 4. The van der Waals surface area contributed by atoms with Gasteiger partial charge in [-0.15, -0.1) is 0 Å². The molecule has 0 unspecified atom stereocenters. The number of rotatable bonds is 4. The van der Waals surface area contributed by atoms with Crippen LogP contribution in [0.1, 0.15) is 5.76 Å². The van der Waals surface area contributed by atoms with E-state index in [2.05, 4.69) is 21.2 Å². The number of nitrogens with one attached hydrogen (secondary N) is 1. The van der Waals surface area contributed by atoms with Crippen molar-refractivity contribution >= 4 is 51.2 Å². The van der Waals surface area contributed by atoms with Crippen molar-refractivity contribution in [3.05, 3.63) is 86.6 Å². The lowest BCUT2D eigenvalue weighted by Crippen LogP contribution is -2.54. The SMILES string of the molecule is O=C1NC(=O)N(c2ccc(Br)cc2)C(=O)/C1=C/c1ccc(-c2ccc([N+](=O)[O-])cc2)o1. The summed E-state index contributed by atoms with van der Waals surface area (Å²) in [5, 5.41) is 12.9. The Kier molecular flexibility index (Phi) is 5.22. The van der Waals surface area contributed by atoms with Gasteiger partial charge in [-0.3, -0.25) is 25.0 Å². The van der Waals surface area contributed by atoms with Gasteiger partial charge in [0.25, 0.3) is 17.5 Å². The molecule has 4 amide bonds. The number of barbiturate groups is 1. The van der Waals surface area contributed by atoms with Gasteiger partial charge in [0.2, 0.25) is 0 Å². The molecule has 0 atom stereocenters. The number of nitro groups is 1. The Bertz CT molecular complexity index is 1240. The van der Waals surface area contributed by atoms with Crippen molar-refractivity contribution in [3.8, 4) is 11.3 Å². The van der Waals surface area contributed by atoms with Crippen molar-refractivity contribution in [1.82, 2.24) is 5.32 Å². The third-order valence-corrected chi connectivity index (χ3v) is 4.99. The number of urea groups is 1. The van der Waals surface area contributed by atoms with Crippen molar-refractivity contribution in [2.24, 2.45) is 0 Å². The molecule has 1 N–H and O–H groups in total. The number of benzene rings is 2. The molecular formula is C21H12BrN3O6.